The predicted octanol–water partition coefficient (Wildman–Crippen LogP) is 4.36. The number of fused-ring (bicyclic) bond motifs is 1. The topological polar surface area (TPSA) is 76.9 Å². The van der Waals surface area contributed by atoms with Crippen molar-refractivity contribution in [3.8, 4) is 5.69 Å². The molecule has 0 radical (unpaired) electrons. The molecule has 2 heterocycles. The Kier molecular flexibility index (Phi) is 4.70. The highest BCUT2D eigenvalue weighted by Gasteiger charge is 2.17. The van der Waals surface area contributed by atoms with Crippen LogP contribution in [0.25, 0.3) is 15.9 Å². The zero-order valence-corrected chi connectivity index (χ0v) is 16.6. The van der Waals surface area contributed by atoms with Gasteiger partial charge in [-0.25, -0.2) is 9.67 Å². The first-order valence-electron chi connectivity index (χ1n) is 8.47. The Morgan fingerprint density at radius 3 is 2.71 bits per heavy atom. The highest BCUT2D eigenvalue weighted by atomic mass is 35.5. The lowest BCUT2D eigenvalue weighted by Gasteiger charge is -2.12. The average Bonchev–Trinajstić information content (AvgIpc) is 3.02. The van der Waals surface area contributed by atoms with Crippen LogP contribution < -0.4 is 10.7 Å². The summed E-state index contributed by atoms with van der Waals surface area (Å²) in [6.45, 7) is 3.66. The number of benzene rings is 2. The van der Waals surface area contributed by atoms with Crippen LogP contribution in [0.2, 0.25) is 5.02 Å². The maximum absolute atomic E-state index is 12.7. The Balaban J connectivity index is 1.71. The van der Waals surface area contributed by atoms with E-state index in [0.717, 1.165) is 15.2 Å². The Morgan fingerprint density at radius 1 is 1.14 bits per heavy atom. The van der Waals surface area contributed by atoms with E-state index in [1.165, 1.54) is 22.1 Å². The molecule has 0 aliphatic rings. The van der Waals surface area contributed by atoms with Gasteiger partial charge < -0.3 is 5.32 Å². The molecule has 1 amide bonds. The molecule has 1 N–H and O–H groups in total. The number of carbonyl (C=O) groups excluding carboxylic acids is 1. The number of hydrogen-bond acceptors (Lipinski definition) is 5. The zero-order chi connectivity index (χ0) is 19.8. The second-order valence-electron chi connectivity index (χ2n) is 6.23. The molecule has 4 aromatic rings. The Hall–Kier alpha value is -3.03. The van der Waals surface area contributed by atoms with Crippen molar-refractivity contribution in [1.29, 1.82) is 0 Å². The first-order valence-corrected chi connectivity index (χ1v) is 9.66. The monoisotopic (exact) mass is 410 g/mol. The van der Waals surface area contributed by atoms with Gasteiger partial charge in [0.1, 0.15) is 0 Å². The average molecular weight is 411 g/mol. The molecule has 0 aliphatic heterocycles. The lowest BCUT2D eigenvalue weighted by molar-refractivity contribution is 0.101. The van der Waals surface area contributed by atoms with Gasteiger partial charge in [0.05, 0.1) is 25.9 Å². The lowest BCUT2D eigenvalue weighted by atomic mass is 10.2. The quantitative estimate of drug-likeness (QED) is 0.544. The Morgan fingerprint density at radius 2 is 1.93 bits per heavy atom. The van der Waals surface area contributed by atoms with E-state index in [1.807, 2.05) is 25.1 Å². The molecule has 0 unspecified atom stereocenters. The summed E-state index contributed by atoms with van der Waals surface area (Å²) in [6.07, 6.45) is 0. The number of para-hydroxylation sites is 1. The fourth-order valence-corrected chi connectivity index (χ4v) is 3.96. The van der Waals surface area contributed by atoms with Gasteiger partial charge in [-0.3, -0.25) is 9.59 Å². The molecule has 0 fully saturated rings. The fourth-order valence-electron chi connectivity index (χ4n) is 2.88. The van der Waals surface area contributed by atoms with Gasteiger partial charge in [-0.05, 0) is 44.2 Å². The molecule has 8 heteroatoms. The van der Waals surface area contributed by atoms with Crippen LogP contribution in [0, 0.1) is 13.8 Å². The van der Waals surface area contributed by atoms with Crippen molar-refractivity contribution in [2.24, 2.45) is 0 Å². The lowest BCUT2D eigenvalue weighted by Crippen LogP contribution is -2.27. The second-order valence-corrected chi connectivity index (χ2v) is 7.87. The highest BCUT2D eigenvalue weighted by molar-refractivity contribution is 7.18. The number of halogens is 1. The summed E-state index contributed by atoms with van der Waals surface area (Å²) in [5, 5.41) is 8.42. The first kappa shape index (κ1) is 18.3. The summed E-state index contributed by atoms with van der Waals surface area (Å²) < 4.78 is 2.45. The standard InChI is InChI=1S/C20H15ClN4O2S/c1-11-9-17(26)19(24-25(11)16-6-4-3-5-14(16)21)20(27)23-13-7-8-15-18(10-13)28-12(2)22-15/h3-10H,1-2H3,(H,23,27). The predicted molar refractivity (Wildman–Crippen MR) is 112 cm³/mol. The smallest absolute Gasteiger partial charge is 0.280 e. The summed E-state index contributed by atoms with van der Waals surface area (Å²) in [7, 11) is 0. The number of thiazole rings is 1. The van der Waals surface area contributed by atoms with E-state index < -0.39 is 11.3 Å². The molecule has 2 aromatic carbocycles. The maximum Gasteiger partial charge on any atom is 0.280 e. The molecule has 0 spiro atoms. The maximum atomic E-state index is 12.7. The number of amides is 1. The normalized spacial score (nSPS) is 11.0. The van der Waals surface area contributed by atoms with Gasteiger partial charge in [0.15, 0.2) is 5.69 Å². The molecule has 140 valence electrons. The van der Waals surface area contributed by atoms with E-state index in [4.69, 9.17) is 11.6 Å². The number of aryl methyl sites for hydroxylation is 2. The number of anilines is 1. The van der Waals surface area contributed by atoms with Crippen molar-refractivity contribution in [1.82, 2.24) is 14.8 Å². The van der Waals surface area contributed by atoms with Crippen LogP contribution in [-0.4, -0.2) is 20.7 Å². The summed E-state index contributed by atoms with van der Waals surface area (Å²) in [5.74, 6) is -0.577. The summed E-state index contributed by atoms with van der Waals surface area (Å²) in [4.78, 5) is 29.5. The van der Waals surface area contributed by atoms with E-state index >= 15 is 0 Å². The van der Waals surface area contributed by atoms with Crippen molar-refractivity contribution in [3.05, 3.63) is 80.2 Å². The van der Waals surface area contributed by atoms with Gasteiger partial charge in [0.2, 0.25) is 5.43 Å². The van der Waals surface area contributed by atoms with Crippen LogP contribution in [0.1, 0.15) is 21.2 Å². The van der Waals surface area contributed by atoms with E-state index in [9.17, 15) is 9.59 Å². The molecule has 0 saturated carbocycles. The molecular formula is C20H15ClN4O2S. The van der Waals surface area contributed by atoms with Gasteiger partial charge in [-0.1, -0.05) is 23.7 Å². The number of rotatable bonds is 3. The van der Waals surface area contributed by atoms with Crippen LogP contribution >= 0.6 is 22.9 Å². The minimum absolute atomic E-state index is 0.203. The van der Waals surface area contributed by atoms with Crippen molar-refractivity contribution < 1.29 is 4.79 Å². The Labute approximate surface area is 169 Å². The minimum atomic E-state index is -0.577. The third kappa shape index (κ3) is 3.42. The van der Waals surface area contributed by atoms with E-state index in [1.54, 1.807) is 31.2 Å². The largest absolute Gasteiger partial charge is 0.320 e. The second kappa shape index (κ2) is 7.18. The summed E-state index contributed by atoms with van der Waals surface area (Å²) in [5.41, 5.74) is 1.97. The van der Waals surface area contributed by atoms with Gasteiger partial charge in [-0.15, -0.1) is 11.3 Å². The third-order valence-corrected chi connectivity index (χ3v) is 5.41. The first-order chi connectivity index (χ1) is 13.4. The third-order valence-electron chi connectivity index (χ3n) is 4.16. The van der Waals surface area contributed by atoms with Crippen molar-refractivity contribution in [2.45, 2.75) is 13.8 Å². The molecule has 6 nitrogen and oxygen atoms in total. The number of nitrogens with one attached hydrogen (secondary N) is 1. The van der Waals surface area contributed by atoms with Crippen LogP contribution in [0.5, 0.6) is 0 Å². The highest BCUT2D eigenvalue weighted by Crippen LogP contribution is 2.25. The number of carbonyl (C=O) groups is 1. The molecule has 0 saturated heterocycles. The van der Waals surface area contributed by atoms with Crippen LogP contribution in [0.4, 0.5) is 5.69 Å². The molecule has 0 aliphatic carbocycles. The minimum Gasteiger partial charge on any atom is -0.320 e. The number of nitrogens with zero attached hydrogens (tertiary/aromatic N) is 3. The van der Waals surface area contributed by atoms with Crippen LogP contribution in [0.3, 0.4) is 0 Å². The van der Waals surface area contributed by atoms with Gasteiger partial charge in [0, 0.05) is 17.4 Å². The molecule has 0 atom stereocenters. The fraction of sp³-hybridized carbons (Fsp3) is 0.100. The van der Waals surface area contributed by atoms with Crippen molar-refractivity contribution >= 4 is 44.7 Å². The van der Waals surface area contributed by atoms with Gasteiger partial charge >= 0.3 is 0 Å². The SMILES string of the molecule is Cc1nc2ccc(NC(=O)c3nn(-c4ccccc4Cl)c(C)cc3=O)cc2s1. The van der Waals surface area contributed by atoms with E-state index in [2.05, 4.69) is 15.4 Å². The van der Waals surface area contributed by atoms with E-state index in [0.29, 0.717) is 22.1 Å². The van der Waals surface area contributed by atoms with Crippen LogP contribution in [0.15, 0.2) is 53.3 Å². The number of hydrogen-bond donors (Lipinski definition) is 1. The van der Waals surface area contributed by atoms with Gasteiger partial charge in [-0.2, -0.15) is 5.10 Å². The van der Waals surface area contributed by atoms with Crippen molar-refractivity contribution in [3.63, 3.8) is 0 Å². The zero-order valence-electron chi connectivity index (χ0n) is 15.1. The summed E-state index contributed by atoms with van der Waals surface area (Å²) >= 11 is 7.78. The van der Waals surface area contributed by atoms with Gasteiger partial charge in [0.25, 0.3) is 5.91 Å². The van der Waals surface area contributed by atoms with Crippen molar-refractivity contribution in [2.75, 3.05) is 5.32 Å². The summed E-state index contributed by atoms with van der Waals surface area (Å²) in [6, 6.07) is 13.9. The molecule has 0 bridgehead atoms. The molecule has 28 heavy (non-hydrogen) atoms. The number of aromatic nitrogens is 3. The molecular weight excluding hydrogens is 396 g/mol. The van der Waals surface area contributed by atoms with E-state index in [-0.39, 0.29) is 5.69 Å². The molecule has 4 rings (SSSR count). The molecule has 2 aromatic heterocycles. The van der Waals surface area contributed by atoms with Crippen LogP contribution in [-0.2, 0) is 0 Å². The Bertz CT molecular complexity index is 1280.